The zero-order valence-corrected chi connectivity index (χ0v) is 17.0. The van der Waals surface area contributed by atoms with Crippen LogP contribution in [0.25, 0.3) is 0 Å². The lowest BCUT2D eigenvalue weighted by Crippen LogP contribution is -2.72. The monoisotopic (exact) mass is 459 g/mol. The Kier molecular flexibility index (Phi) is 5.88. The van der Waals surface area contributed by atoms with Gasteiger partial charge in [-0.25, -0.2) is 9.38 Å². The number of ether oxygens (including phenoxy) is 1. The Bertz CT molecular complexity index is 618. The summed E-state index contributed by atoms with van der Waals surface area (Å²) in [6, 6.07) is 7.03. The number of hydrogen-bond donors (Lipinski definition) is 2. The topological polar surface area (TPSA) is 45.7 Å². The first kappa shape index (κ1) is 18.9. The molecule has 3 fully saturated rings. The van der Waals surface area contributed by atoms with Gasteiger partial charge in [-0.3, -0.25) is 0 Å². The van der Waals surface area contributed by atoms with Gasteiger partial charge in [-0.15, -0.1) is 24.0 Å². The van der Waals surface area contributed by atoms with Crippen LogP contribution in [0.2, 0.25) is 0 Å². The van der Waals surface area contributed by atoms with Gasteiger partial charge in [0.2, 0.25) is 0 Å². The molecule has 4 rings (SSSR count). The van der Waals surface area contributed by atoms with E-state index in [-0.39, 0.29) is 29.8 Å². The Morgan fingerprint density at radius 1 is 1.32 bits per heavy atom. The van der Waals surface area contributed by atoms with Gasteiger partial charge in [0.25, 0.3) is 0 Å². The number of aliphatic imine (C=N–C) groups is 1. The van der Waals surface area contributed by atoms with Gasteiger partial charge in [0.05, 0.1) is 12.6 Å². The van der Waals surface area contributed by atoms with E-state index in [1.165, 1.54) is 31.4 Å². The largest absolute Gasteiger partial charge is 0.377 e. The van der Waals surface area contributed by atoms with Crippen molar-refractivity contribution in [1.82, 2.24) is 10.6 Å². The van der Waals surface area contributed by atoms with Gasteiger partial charge in [-0.05, 0) is 43.9 Å². The molecule has 0 aromatic heterocycles. The molecule has 2 saturated carbocycles. The number of halogens is 2. The van der Waals surface area contributed by atoms with Crippen LogP contribution in [0.15, 0.2) is 29.3 Å². The molecule has 0 radical (unpaired) electrons. The van der Waals surface area contributed by atoms with E-state index in [1.807, 2.05) is 0 Å². The fourth-order valence-electron chi connectivity index (χ4n) is 4.68. The summed E-state index contributed by atoms with van der Waals surface area (Å²) in [7, 11) is 0. The molecular weight excluding hydrogens is 432 g/mol. The quantitative estimate of drug-likeness (QED) is 0.412. The van der Waals surface area contributed by atoms with Crippen molar-refractivity contribution in [1.29, 1.82) is 0 Å². The van der Waals surface area contributed by atoms with E-state index in [1.54, 1.807) is 12.1 Å². The molecule has 1 spiro atoms. The van der Waals surface area contributed by atoms with Crippen LogP contribution in [-0.4, -0.2) is 31.3 Å². The lowest BCUT2D eigenvalue weighted by molar-refractivity contribution is -0.171. The van der Waals surface area contributed by atoms with Crippen molar-refractivity contribution in [2.75, 3.05) is 13.2 Å². The van der Waals surface area contributed by atoms with Crippen LogP contribution in [0.4, 0.5) is 4.39 Å². The third-order valence-corrected chi connectivity index (χ3v) is 6.01. The fraction of sp³-hybridized carbons (Fsp3) is 0.632. The minimum atomic E-state index is -0.207. The summed E-state index contributed by atoms with van der Waals surface area (Å²) in [5.41, 5.74) is 1.36. The molecule has 4 nitrogen and oxygen atoms in total. The highest BCUT2D eigenvalue weighted by Crippen LogP contribution is 2.62. The highest BCUT2D eigenvalue weighted by atomic mass is 127. The number of nitrogens with one attached hydrogen (secondary N) is 2. The van der Waals surface area contributed by atoms with Crippen LogP contribution in [0.1, 0.15) is 38.2 Å². The number of rotatable bonds is 4. The maximum atomic E-state index is 13.0. The van der Waals surface area contributed by atoms with Crippen LogP contribution < -0.4 is 10.6 Å². The van der Waals surface area contributed by atoms with E-state index >= 15 is 0 Å². The number of hydrogen-bond acceptors (Lipinski definition) is 2. The summed E-state index contributed by atoms with van der Waals surface area (Å²) in [5.74, 6) is 1.28. The molecule has 2 N–H and O–H groups in total. The first-order chi connectivity index (χ1) is 11.7. The molecule has 138 valence electrons. The van der Waals surface area contributed by atoms with E-state index in [4.69, 9.17) is 9.73 Å². The van der Waals surface area contributed by atoms with Crippen molar-refractivity contribution in [2.45, 2.75) is 51.3 Å². The second kappa shape index (κ2) is 7.78. The Hall–Kier alpha value is -0.890. The van der Waals surface area contributed by atoms with Gasteiger partial charge in [0.15, 0.2) is 5.96 Å². The highest BCUT2D eigenvalue weighted by Gasteiger charge is 2.66. The molecule has 3 unspecified atom stereocenters. The van der Waals surface area contributed by atoms with Crippen molar-refractivity contribution in [2.24, 2.45) is 16.3 Å². The van der Waals surface area contributed by atoms with E-state index in [9.17, 15) is 4.39 Å². The van der Waals surface area contributed by atoms with Gasteiger partial charge < -0.3 is 15.4 Å². The Balaban J connectivity index is 0.00000182. The van der Waals surface area contributed by atoms with Gasteiger partial charge in [0, 0.05) is 30.5 Å². The van der Waals surface area contributed by atoms with E-state index in [0.717, 1.165) is 31.1 Å². The number of benzene rings is 1. The maximum absolute atomic E-state index is 13.0. The van der Waals surface area contributed by atoms with E-state index in [0.29, 0.717) is 30.0 Å². The molecule has 2 aliphatic carbocycles. The number of nitrogens with zero attached hydrogens (tertiary/aromatic N) is 1. The molecule has 1 saturated heterocycles. The molecule has 1 aromatic rings. The second-order valence-electron chi connectivity index (χ2n) is 7.27. The zero-order chi connectivity index (χ0) is 16.6. The van der Waals surface area contributed by atoms with Crippen LogP contribution in [0.5, 0.6) is 0 Å². The molecule has 1 heterocycles. The molecule has 1 aliphatic heterocycles. The van der Waals surface area contributed by atoms with Crippen LogP contribution >= 0.6 is 24.0 Å². The molecule has 3 aliphatic rings. The van der Waals surface area contributed by atoms with Gasteiger partial charge in [-0.1, -0.05) is 18.6 Å². The predicted molar refractivity (Wildman–Crippen MR) is 108 cm³/mol. The average Bonchev–Trinajstić information content (AvgIpc) is 2.95. The van der Waals surface area contributed by atoms with Gasteiger partial charge in [0.1, 0.15) is 5.82 Å². The van der Waals surface area contributed by atoms with Crippen LogP contribution in [-0.2, 0) is 11.3 Å². The minimum absolute atomic E-state index is 0. The Morgan fingerprint density at radius 2 is 2.08 bits per heavy atom. The minimum Gasteiger partial charge on any atom is -0.377 e. The molecule has 3 atom stereocenters. The molecule has 0 bridgehead atoms. The first-order valence-electron chi connectivity index (χ1n) is 9.14. The van der Waals surface area contributed by atoms with Crippen LogP contribution in [0, 0.1) is 17.2 Å². The summed E-state index contributed by atoms with van der Waals surface area (Å²) < 4.78 is 19.0. The number of fused-ring (bicyclic) bond motifs is 2. The predicted octanol–water partition coefficient (Wildman–Crippen LogP) is 3.46. The average molecular weight is 459 g/mol. The SMILES string of the molecule is CCNC(=NCc1ccc(F)cc1)NC1C2CCOC2C12CCC2.I. The van der Waals surface area contributed by atoms with Crippen molar-refractivity contribution >= 4 is 29.9 Å². The highest BCUT2D eigenvalue weighted by molar-refractivity contribution is 14.0. The summed E-state index contributed by atoms with van der Waals surface area (Å²) in [4.78, 5) is 4.70. The van der Waals surface area contributed by atoms with Crippen molar-refractivity contribution in [3.05, 3.63) is 35.6 Å². The fourth-order valence-corrected chi connectivity index (χ4v) is 4.68. The van der Waals surface area contributed by atoms with E-state index in [2.05, 4.69) is 17.6 Å². The molecule has 25 heavy (non-hydrogen) atoms. The Morgan fingerprint density at radius 3 is 2.72 bits per heavy atom. The summed E-state index contributed by atoms with van der Waals surface area (Å²) >= 11 is 0. The van der Waals surface area contributed by atoms with Crippen molar-refractivity contribution < 1.29 is 9.13 Å². The third kappa shape index (κ3) is 3.39. The molecule has 1 aromatic carbocycles. The number of guanidine groups is 1. The lowest BCUT2D eigenvalue weighted by Gasteiger charge is -2.63. The zero-order valence-electron chi connectivity index (χ0n) is 14.6. The molecular formula is C19H27FIN3O. The smallest absolute Gasteiger partial charge is 0.191 e. The Labute approximate surface area is 166 Å². The van der Waals surface area contributed by atoms with Gasteiger partial charge in [-0.2, -0.15) is 0 Å². The molecule has 6 heteroatoms. The summed E-state index contributed by atoms with van der Waals surface area (Å²) in [5, 5.41) is 7.04. The second-order valence-corrected chi connectivity index (χ2v) is 7.27. The standard InChI is InChI=1S/C19H26FN3O.HI/c1-2-21-18(22-12-13-4-6-14(20)7-5-13)23-16-15-8-11-24-17(15)19(16)9-3-10-19;/h4-7,15-17H,2-3,8-12H2,1H3,(H2,21,22,23);1H. The molecule has 0 amide bonds. The summed E-state index contributed by atoms with van der Waals surface area (Å²) in [6.07, 6.45) is 5.46. The van der Waals surface area contributed by atoms with Gasteiger partial charge >= 0.3 is 0 Å². The normalized spacial score (nSPS) is 29.2. The van der Waals surface area contributed by atoms with Crippen LogP contribution in [0.3, 0.4) is 0 Å². The third-order valence-electron chi connectivity index (χ3n) is 6.01. The van der Waals surface area contributed by atoms with Crippen molar-refractivity contribution in [3.8, 4) is 0 Å². The van der Waals surface area contributed by atoms with Crippen molar-refractivity contribution in [3.63, 3.8) is 0 Å². The van der Waals surface area contributed by atoms with E-state index < -0.39 is 0 Å². The summed E-state index contributed by atoms with van der Waals surface area (Å²) in [6.45, 7) is 4.37. The first-order valence-corrected chi connectivity index (χ1v) is 9.14. The lowest BCUT2D eigenvalue weighted by atomic mass is 9.46. The maximum Gasteiger partial charge on any atom is 0.191 e.